The number of carbonyl (C=O) groups excluding carboxylic acids is 1. The van der Waals surface area contributed by atoms with Crippen LogP contribution in [0.15, 0.2) is 4.79 Å². The van der Waals surface area contributed by atoms with Gasteiger partial charge in [-0.1, -0.05) is 6.92 Å². The molecule has 2 rings (SSSR count). The number of nitrogens with zero attached hydrogens (tertiary/aromatic N) is 4. The minimum Gasteiger partial charge on any atom is -0.375 e. The van der Waals surface area contributed by atoms with Gasteiger partial charge in [-0.15, -0.1) is 0 Å². The summed E-state index contributed by atoms with van der Waals surface area (Å²) in [5, 5.41) is 13.2. The molecular weight excluding hydrogens is 284 g/mol. The molecule has 1 aliphatic heterocycles. The lowest BCUT2D eigenvalue weighted by atomic mass is 10.1. The van der Waals surface area contributed by atoms with Crippen molar-refractivity contribution in [3.8, 4) is 6.07 Å². The summed E-state index contributed by atoms with van der Waals surface area (Å²) in [6.45, 7) is 6.81. The van der Waals surface area contributed by atoms with Crippen LogP contribution in [0.25, 0.3) is 0 Å². The molecule has 0 aromatic carbocycles. The standard InChI is InChI=1S/C15H20N4O3/c1-4-12-8-18(5-6-22-12)14(20)9-19-15(21)13(7-16)10(2)11(3)17-19/h12H,4-6,8-9H2,1-3H3/t12-/m1/s1. The molecule has 0 bridgehead atoms. The Labute approximate surface area is 129 Å². The van der Waals surface area contributed by atoms with Gasteiger partial charge in [-0.2, -0.15) is 10.4 Å². The van der Waals surface area contributed by atoms with Gasteiger partial charge in [-0.05, 0) is 25.8 Å². The Morgan fingerprint density at radius 3 is 2.86 bits per heavy atom. The number of hydrogen-bond acceptors (Lipinski definition) is 5. The van der Waals surface area contributed by atoms with Crippen molar-refractivity contribution < 1.29 is 9.53 Å². The lowest BCUT2D eigenvalue weighted by Crippen LogP contribution is -2.47. The topological polar surface area (TPSA) is 88.2 Å². The van der Waals surface area contributed by atoms with Crippen LogP contribution < -0.4 is 5.56 Å². The minimum atomic E-state index is -0.515. The molecule has 1 atom stereocenters. The van der Waals surface area contributed by atoms with E-state index in [1.807, 2.05) is 13.0 Å². The van der Waals surface area contributed by atoms with Crippen molar-refractivity contribution in [2.24, 2.45) is 0 Å². The number of aryl methyl sites for hydroxylation is 1. The maximum atomic E-state index is 12.4. The Balaban J connectivity index is 2.21. The van der Waals surface area contributed by atoms with Gasteiger partial charge >= 0.3 is 0 Å². The number of hydrogen-bond donors (Lipinski definition) is 0. The van der Waals surface area contributed by atoms with E-state index in [1.165, 1.54) is 0 Å². The number of aromatic nitrogens is 2. The van der Waals surface area contributed by atoms with Crippen molar-refractivity contribution in [3.05, 3.63) is 27.2 Å². The Hall–Kier alpha value is -2.20. The van der Waals surface area contributed by atoms with Gasteiger partial charge in [0.1, 0.15) is 18.2 Å². The smallest absolute Gasteiger partial charge is 0.285 e. The highest BCUT2D eigenvalue weighted by Crippen LogP contribution is 2.09. The molecule has 0 saturated carbocycles. The van der Waals surface area contributed by atoms with Gasteiger partial charge in [0.25, 0.3) is 5.56 Å². The van der Waals surface area contributed by atoms with Gasteiger partial charge in [0, 0.05) is 13.1 Å². The Bertz CT molecular complexity index is 675. The number of carbonyl (C=O) groups is 1. The van der Waals surface area contributed by atoms with Crippen LogP contribution in [0.2, 0.25) is 0 Å². The van der Waals surface area contributed by atoms with Gasteiger partial charge in [-0.3, -0.25) is 9.59 Å². The third-order valence-electron chi connectivity index (χ3n) is 3.98. The SMILES string of the molecule is CC[C@@H]1CN(C(=O)Cn2nc(C)c(C)c(C#N)c2=O)CCO1. The maximum absolute atomic E-state index is 12.4. The monoisotopic (exact) mass is 304 g/mol. The zero-order valence-corrected chi connectivity index (χ0v) is 13.1. The van der Waals surface area contributed by atoms with E-state index in [0.29, 0.717) is 31.0 Å². The molecule has 1 aromatic rings. The first-order valence-corrected chi connectivity index (χ1v) is 7.35. The Morgan fingerprint density at radius 1 is 1.50 bits per heavy atom. The van der Waals surface area contributed by atoms with E-state index in [2.05, 4.69) is 5.10 Å². The molecule has 0 spiro atoms. The first kappa shape index (κ1) is 16.2. The number of rotatable bonds is 3. The normalized spacial score (nSPS) is 18.1. The van der Waals surface area contributed by atoms with Crippen LogP contribution in [0.4, 0.5) is 0 Å². The van der Waals surface area contributed by atoms with Crippen LogP contribution in [-0.4, -0.2) is 46.4 Å². The van der Waals surface area contributed by atoms with E-state index in [1.54, 1.807) is 18.7 Å². The van der Waals surface area contributed by atoms with Crippen LogP contribution in [-0.2, 0) is 16.1 Å². The molecule has 118 valence electrons. The first-order valence-electron chi connectivity index (χ1n) is 7.35. The maximum Gasteiger partial charge on any atom is 0.285 e. The predicted molar refractivity (Wildman–Crippen MR) is 79.3 cm³/mol. The number of morpholine rings is 1. The lowest BCUT2D eigenvalue weighted by Gasteiger charge is -2.32. The lowest BCUT2D eigenvalue weighted by molar-refractivity contribution is -0.139. The highest BCUT2D eigenvalue weighted by molar-refractivity contribution is 5.76. The number of nitriles is 1. The van der Waals surface area contributed by atoms with Crippen molar-refractivity contribution >= 4 is 5.91 Å². The molecule has 0 radical (unpaired) electrons. The molecule has 0 aliphatic carbocycles. The molecule has 0 N–H and O–H groups in total. The predicted octanol–water partition coefficient (Wildman–Crippen LogP) is 0.369. The van der Waals surface area contributed by atoms with Crippen molar-refractivity contribution in [1.29, 1.82) is 5.26 Å². The fourth-order valence-electron chi connectivity index (χ4n) is 2.43. The van der Waals surface area contributed by atoms with Crippen LogP contribution in [0.3, 0.4) is 0 Å². The molecule has 1 amide bonds. The zero-order chi connectivity index (χ0) is 16.3. The van der Waals surface area contributed by atoms with Gasteiger partial charge in [0.15, 0.2) is 0 Å². The summed E-state index contributed by atoms with van der Waals surface area (Å²) in [6, 6.07) is 1.90. The summed E-state index contributed by atoms with van der Waals surface area (Å²) in [7, 11) is 0. The number of ether oxygens (including phenoxy) is 1. The third kappa shape index (κ3) is 3.17. The van der Waals surface area contributed by atoms with Crippen LogP contribution in [0, 0.1) is 25.2 Å². The van der Waals surface area contributed by atoms with E-state index in [-0.39, 0.29) is 24.1 Å². The summed E-state index contributed by atoms with van der Waals surface area (Å²) in [5.74, 6) is -0.177. The molecule has 1 aromatic heterocycles. The zero-order valence-electron chi connectivity index (χ0n) is 13.1. The van der Waals surface area contributed by atoms with Crippen molar-refractivity contribution in [2.75, 3.05) is 19.7 Å². The molecule has 22 heavy (non-hydrogen) atoms. The van der Waals surface area contributed by atoms with E-state index in [4.69, 9.17) is 10.00 Å². The summed E-state index contributed by atoms with van der Waals surface area (Å²) < 4.78 is 6.61. The molecule has 7 nitrogen and oxygen atoms in total. The van der Waals surface area contributed by atoms with E-state index in [0.717, 1.165) is 11.1 Å². The second-order valence-electron chi connectivity index (χ2n) is 5.40. The summed E-state index contributed by atoms with van der Waals surface area (Å²) >= 11 is 0. The third-order valence-corrected chi connectivity index (χ3v) is 3.98. The van der Waals surface area contributed by atoms with Gasteiger partial charge in [0.2, 0.25) is 5.91 Å². The summed E-state index contributed by atoms with van der Waals surface area (Å²) in [5.41, 5.74) is 0.680. The van der Waals surface area contributed by atoms with E-state index < -0.39 is 5.56 Å². The van der Waals surface area contributed by atoms with Gasteiger partial charge in [0.05, 0.1) is 18.4 Å². The van der Waals surface area contributed by atoms with Crippen molar-refractivity contribution in [3.63, 3.8) is 0 Å². The van der Waals surface area contributed by atoms with Crippen LogP contribution in [0.1, 0.15) is 30.2 Å². The fraction of sp³-hybridized carbons (Fsp3) is 0.600. The molecule has 1 fully saturated rings. The molecule has 1 aliphatic rings. The molecule has 1 saturated heterocycles. The average Bonchev–Trinajstić information content (AvgIpc) is 2.53. The summed E-state index contributed by atoms with van der Waals surface area (Å²) in [6.07, 6.45) is 0.876. The van der Waals surface area contributed by atoms with Crippen LogP contribution >= 0.6 is 0 Å². The Morgan fingerprint density at radius 2 is 2.23 bits per heavy atom. The average molecular weight is 304 g/mol. The molecular formula is C15H20N4O3. The minimum absolute atomic E-state index is 0.0387. The Kier molecular flexibility index (Phi) is 4.93. The molecule has 2 heterocycles. The van der Waals surface area contributed by atoms with Crippen LogP contribution in [0.5, 0.6) is 0 Å². The highest BCUT2D eigenvalue weighted by atomic mass is 16.5. The second kappa shape index (κ2) is 6.71. The first-order chi connectivity index (χ1) is 10.5. The van der Waals surface area contributed by atoms with E-state index >= 15 is 0 Å². The summed E-state index contributed by atoms with van der Waals surface area (Å²) in [4.78, 5) is 26.2. The van der Waals surface area contributed by atoms with Crippen molar-refractivity contribution in [2.45, 2.75) is 39.8 Å². The fourth-order valence-corrected chi connectivity index (χ4v) is 2.43. The second-order valence-corrected chi connectivity index (χ2v) is 5.40. The van der Waals surface area contributed by atoms with E-state index in [9.17, 15) is 9.59 Å². The van der Waals surface area contributed by atoms with Gasteiger partial charge in [-0.25, -0.2) is 4.68 Å². The number of amides is 1. The highest BCUT2D eigenvalue weighted by Gasteiger charge is 2.24. The largest absolute Gasteiger partial charge is 0.375 e. The molecule has 7 heteroatoms. The molecule has 0 unspecified atom stereocenters. The quantitative estimate of drug-likeness (QED) is 0.805. The van der Waals surface area contributed by atoms with Gasteiger partial charge < -0.3 is 9.64 Å². The van der Waals surface area contributed by atoms with Crippen molar-refractivity contribution in [1.82, 2.24) is 14.7 Å².